The number of anilines is 1. The Morgan fingerprint density at radius 2 is 1.87 bits per heavy atom. The second kappa shape index (κ2) is 11.5. The van der Waals surface area contributed by atoms with Crippen molar-refractivity contribution in [2.24, 2.45) is 4.99 Å². The van der Waals surface area contributed by atoms with E-state index in [0.717, 1.165) is 37.6 Å². The first-order valence-electron chi connectivity index (χ1n) is 12.8. The zero-order valence-electron chi connectivity index (χ0n) is 22.4. The van der Waals surface area contributed by atoms with Crippen molar-refractivity contribution in [1.82, 2.24) is 4.57 Å². The number of nitrogens with zero attached hydrogens (tertiary/aromatic N) is 3. The Balaban J connectivity index is 1.63. The highest BCUT2D eigenvalue weighted by atomic mass is 32.1. The fourth-order valence-electron chi connectivity index (χ4n) is 4.89. The Morgan fingerprint density at radius 1 is 1.13 bits per heavy atom. The number of rotatable bonds is 7. The van der Waals surface area contributed by atoms with Crippen LogP contribution in [-0.4, -0.2) is 57.7 Å². The highest BCUT2D eigenvalue weighted by Crippen LogP contribution is 2.37. The fourth-order valence-corrected chi connectivity index (χ4v) is 5.94. The van der Waals surface area contributed by atoms with E-state index in [0.29, 0.717) is 32.1 Å². The number of aromatic nitrogens is 1. The van der Waals surface area contributed by atoms with Crippen LogP contribution in [0.25, 0.3) is 6.08 Å². The van der Waals surface area contributed by atoms with Gasteiger partial charge < -0.3 is 23.8 Å². The molecule has 0 saturated carbocycles. The van der Waals surface area contributed by atoms with Crippen LogP contribution in [0.4, 0.5) is 5.69 Å². The number of benzene rings is 2. The van der Waals surface area contributed by atoms with Gasteiger partial charge >= 0.3 is 5.97 Å². The van der Waals surface area contributed by atoms with E-state index in [1.54, 1.807) is 50.8 Å². The Hall–Kier alpha value is -3.89. The number of thiazole rings is 1. The first kappa shape index (κ1) is 26.7. The second-order valence-electron chi connectivity index (χ2n) is 9.10. The molecule has 0 bridgehead atoms. The molecule has 2 aliphatic rings. The number of morpholine rings is 1. The highest BCUT2D eigenvalue weighted by Gasteiger charge is 2.35. The topological polar surface area (TPSA) is 91.6 Å². The van der Waals surface area contributed by atoms with Gasteiger partial charge in [-0.1, -0.05) is 23.5 Å². The lowest BCUT2D eigenvalue weighted by molar-refractivity contribution is -0.139. The van der Waals surface area contributed by atoms with Crippen molar-refractivity contribution in [2.75, 3.05) is 52.0 Å². The lowest BCUT2D eigenvalue weighted by Gasteiger charge is -2.28. The minimum atomic E-state index is -0.795. The molecule has 1 saturated heterocycles. The van der Waals surface area contributed by atoms with Crippen molar-refractivity contribution in [2.45, 2.75) is 19.9 Å². The predicted octanol–water partition coefficient (Wildman–Crippen LogP) is 2.65. The number of allylic oxidation sites excluding steroid dienone is 1. The van der Waals surface area contributed by atoms with Gasteiger partial charge in [0.15, 0.2) is 4.80 Å². The van der Waals surface area contributed by atoms with Crippen molar-refractivity contribution in [3.05, 3.63) is 84.5 Å². The number of fused-ring (bicyclic) bond motifs is 1. The van der Waals surface area contributed by atoms with Crippen molar-refractivity contribution in [1.29, 1.82) is 0 Å². The molecule has 10 heteroatoms. The molecule has 0 amide bonds. The van der Waals surface area contributed by atoms with Crippen molar-refractivity contribution < 1.29 is 23.7 Å². The minimum absolute atomic E-state index is 0.197. The standard InChI is InChI=1S/C29H31N3O6S/c1-5-38-28(34)25-18(2)30-29-32(26(25)22-17-21(35-3)10-11-23(22)36-4)27(33)24(39-29)16-19-6-8-20(9-7-19)31-12-14-37-15-13-31/h6-11,16-17,26H,5,12-15H2,1-4H3/b24-16+/t26-/m0/s1. The number of hydrogen-bond acceptors (Lipinski definition) is 9. The molecule has 39 heavy (non-hydrogen) atoms. The second-order valence-corrected chi connectivity index (χ2v) is 10.1. The van der Waals surface area contributed by atoms with Crippen molar-refractivity contribution in [3.63, 3.8) is 0 Å². The van der Waals surface area contributed by atoms with Gasteiger partial charge in [-0.2, -0.15) is 0 Å². The molecule has 3 aromatic rings. The summed E-state index contributed by atoms with van der Waals surface area (Å²) in [5, 5.41) is 0. The maximum absolute atomic E-state index is 13.9. The molecule has 0 N–H and O–H groups in total. The Morgan fingerprint density at radius 3 is 2.54 bits per heavy atom. The zero-order valence-corrected chi connectivity index (χ0v) is 23.2. The number of carbonyl (C=O) groups is 1. The SMILES string of the molecule is CCOC(=O)C1=C(C)N=c2s/c(=C/c3ccc(N4CCOCC4)cc3)c(=O)n2[C@H]1c1cc(OC)ccc1OC. The quantitative estimate of drug-likeness (QED) is 0.419. The van der Waals surface area contributed by atoms with Crippen LogP contribution in [0.15, 0.2) is 63.5 Å². The summed E-state index contributed by atoms with van der Waals surface area (Å²) in [7, 11) is 3.12. The molecule has 5 rings (SSSR count). The number of hydrogen-bond donors (Lipinski definition) is 0. The fraction of sp³-hybridized carbons (Fsp3) is 0.345. The van der Waals surface area contributed by atoms with Crippen molar-refractivity contribution >= 4 is 29.1 Å². The average Bonchev–Trinajstić information content (AvgIpc) is 3.26. The van der Waals surface area contributed by atoms with E-state index in [4.69, 9.17) is 18.9 Å². The van der Waals surface area contributed by atoms with E-state index in [9.17, 15) is 9.59 Å². The monoisotopic (exact) mass is 549 g/mol. The van der Waals surface area contributed by atoms with Gasteiger partial charge in [-0.3, -0.25) is 9.36 Å². The summed E-state index contributed by atoms with van der Waals surface area (Å²) in [6.45, 7) is 6.84. The largest absolute Gasteiger partial charge is 0.497 e. The van der Waals surface area contributed by atoms with Gasteiger partial charge in [0, 0.05) is 24.3 Å². The van der Waals surface area contributed by atoms with Crippen LogP contribution in [0, 0.1) is 0 Å². The summed E-state index contributed by atoms with van der Waals surface area (Å²) < 4.78 is 24.0. The lowest BCUT2D eigenvalue weighted by atomic mass is 9.94. The van der Waals surface area contributed by atoms with E-state index in [-0.39, 0.29) is 17.7 Å². The number of carbonyl (C=O) groups excluding carboxylic acids is 1. The number of esters is 1. The molecular weight excluding hydrogens is 518 g/mol. The van der Waals surface area contributed by atoms with Crippen LogP contribution in [0.1, 0.15) is 31.0 Å². The summed E-state index contributed by atoms with van der Waals surface area (Å²) in [6.07, 6.45) is 1.86. The molecule has 2 aromatic carbocycles. The van der Waals surface area contributed by atoms with Crippen LogP contribution in [0.5, 0.6) is 11.5 Å². The third-order valence-corrected chi connectivity index (χ3v) is 7.80. The first-order valence-corrected chi connectivity index (χ1v) is 13.6. The molecule has 1 fully saturated rings. The molecule has 1 atom stereocenters. The van der Waals surface area contributed by atoms with Gasteiger partial charge in [0.2, 0.25) is 0 Å². The molecular formula is C29H31N3O6S. The number of methoxy groups -OCH3 is 2. The van der Waals surface area contributed by atoms with E-state index in [2.05, 4.69) is 22.0 Å². The van der Waals surface area contributed by atoms with Crippen molar-refractivity contribution in [3.8, 4) is 11.5 Å². The molecule has 0 unspecified atom stereocenters. The molecule has 0 spiro atoms. The normalized spacial score (nSPS) is 17.5. The van der Waals surface area contributed by atoms with Gasteiger partial charge in [0.25, 0.3) is 5.56 Å². The Bertz CT molecular complexity index is 1580. The molecule has 0 aliphatic carbocycles. The van der Waals surface area contributed by atoms with Gasteiger partial charge in [-0.05, 0) is 55.8 Å². The van der Waals surface area contributed by atoms with Gasteiger partial charge in [0.05, 0.1) is 49.8 Å². The minimum Gasteiger partial charge on any atom is -0.497 e. The molecule has 9 nitrogen and oxygen atoms in total. The van der Waals surface area contributed by atoms with E-state index in [1.807, 2.05) is 18.2 Å². The summed E-state index contributed by atoms with van der Waals surface area (Å²) in [5.74, 6) is 0.568. The summed E-state index contributed by atoms with van der Waals surface area (Å²) >= 11 is 1.28. The smallest absolute Gasteiger partial charge is 0.338 e. The highest BCUT2D eigenvalue weighted by molar-refractivity contribution is 7.07. The third kappa shape index (κ3) is 5.22. The number of ether oxygens (including phenoxy) is 4. The van der Waals surface area contributed by atoms with Crippen LogP contribution in [0.3, 0.4) is 0 Å². The average molecular weight is 550 g/mol. The molecule has 0 radical (unpaired) electrons. The Labute approximate surface area is 230 Å². The molecule has 204 valence electrons. The third-order valence-electron chi connectivity index (χ3n) is 6.82. The lowest BCUT2D eigenvalue weighted by Crippen LogP contribution is -2.40. The van der Waals surface area contributed by atoms with Gasteiger partial charge in [0.1, 0.15) is 17.5 Å². The van der Waals surface area contributed by atoms with Crippen LogP contribution >= 0.6 is 11.3 Å². The van der Waals surface area contributed by atoms with E-state index < -0.39 is 12.0 Å². The summed E-state index contributed by atoms with van der Waals surface area (Å²) in [4.78, 5) is 34.5. The van der Waals surface area contributed by atoms with E-state index in [1.165, 1.54) is 11.3 Å². The maximum atomic E-state index is 13.9. The van der Waals surface area contributed by atoms with E-state index >= 15 is 0 Å². The van der Waals surface area contributed by atoms with Gasteiger partial charge in [-0.15, -0.1) is 0 Å². The van der Waals surface area contributed by atoms with Gasteiger partial charge in [-0.25, -0.2) is 9.79 Å². The molecule has 2 aliphatic heterocycles. The van der Waals surface area contributed by atoms with Crippen LogP contribution < -0.4 is 29.3 Å². The predicted molar refractivity (Wildman–Crippen MR) is 149 cm³/mol. The maximum Gasteiger partial charge on any atom is 0.338 e. The van der Waals surface area contributed by atoms with Crippen LogP contribution in [0.2, 0.25) is 0 Å². The first-order chi connectivity index (χ1) is 18.9. The van der Waals surface area contributed by atoms with Crippen LogP contribution in [-0.2, 0) is 14.3 Å². The summed E-state index contributed by atoms with van der Waals surface area (Å²) in [5.41, 5.74) is 3.16. The molecule has 3 heterocycles. The summed E-state index contributed by atoms with van der Waals surface area (Å²) in [6, 6.07) is 12.6. The Kier molecular flexibility index (Phi) is 7.85. The zero-order chi connectivity index (χ0) is 27.5. The molecule has 1 aromatic heterocycles.